The molecule has 152 valence electrons. The first-order valence-electron chi connectivity index (χ1n) is 9.08. The Labute approximate surface area is 168 Å². The van der Waals surface area contributed by atoms with Crippen molar-refractivity contribution < 1.29 is 18.6 Å². The summed E-state index contributed by atoms with van der Waals surface area (Å²) < 4.78 is 30.7. The Bertz CT molecular complexity index is 1010. The predicted octanol–water partition coefficient (Wildman–Crippen LogP) is 3.66. The van der Waals surface area contributed by atoms with Crippen LogP contribution in [0.15, 0.2) is 59.4 Å². The second-order valence-electron chi connectivity index (χ2n) is 6.27. The van der Waals surface area contributed by atoms with Gasteiger partial charge in [0.2, 0.25) is 5.75 Å². The smallest absolute Gasteiger partial charge is 0.256 e. The van der Waals surface area contributed by atoms with Crippen molar-refractivity contribution in [3.8, 4) is 22.9 Å². The van der Waals surface area contributed by atoms with Crippen LogP contribution in [0.2, 0.25) is 0 Å². The zero-order chi connectivity index (χ0) is 20.8. The highest BCUT2D eigenvalue weighted by atomic mass is 19.1. The van der Waals surface area contributed by atoms with Crippen LogP contribution in [0.3, 0.4) is 0 Å². The topological polar surface area (TPSA) is 61.7 Å². The van der Waals surface area contributed by atoms with Crippen LogP contribution in [0.1, 0.15) is 5.56 Å². The van der Waals surface area contributed by atoms with Crippen LogP contribution in [0.25, 0.3) is 5.69 Å². The van der Waals surface area contributed by atoms with Crippen LogP contribution in [-0.2, 0) is 6.42 Å². The Kier molecular flexibility index (Phi) is 6.39. The summed E-state index contributed by atoms with van der Waals surface area (Å²) in [5, 5.41) is 3.28. The van der Waals surface area contributed by atoms with E-state index in [1.165, 1.54) is 44.1 Å². The normalized spacial score (nSPS) is 10.5. The van der Waals surface area contributed by atoms with Gasteiger partial charge in [-0.15, -0.1) is 0 Å². The number of hydrogen-bond acceptors (Lipinski definition) is 5. The molecule has 0 unspecified atom stereocenters. The Morgan fingerprint density at radius 3 is 2.17 bits per heavy atom. The summed E-state index contributed by atoms with van der Waals surface area (Å²) in [6, 6.07) is 14.8. The molecule has 0 saturated carbocycles. The van der Waals surface area contributed by atoms with E-state index >= 15 is 0 Å². The average molecular weight is 398 g/mol. The number of nitrogens with zero attached hydrogens (tertiary/aromatic N) is 1. The molecule has 0 fully saturated rings. The number of aromatic nitrogens is 1. The molecule has 0 spiro atoms. The fourth-order valence-corrected chi connectivity index (χ4v) is 3.08. The van der Waals surface area contributed by atoms with E-state index in [0.29, 0.717) is 41.7 Å². The first-order chi connectivity index (χ1) is 14.1. The molecule has 1 heterocycles. The fourth-order valence-electron chi connectivity index (χ4n) is 3.08. The minimum absolute atomic E-state index is 0.203. The minimum atomic E-state index is -0.263. The summed E-state index contributed by atoms with van der Waals surface area (Å²) in [5.74, 6) is 1.72. The molecule has 0 saturated heterocycles. The number of hydrogen-bond donors (Lipinski definition) is 1. The lowest BCUT2D eigenvalue weighted by molar-refractivity contribution is 0.324. The van der Waals surface area contributed by atoms with E-state index < -0.39 is 0 Å². The third kappa shape index (κ3) is 4.51. The maximum atomic E-state index is 13.1. The van der Waals surface area contributed by atoms with Gasteiger partial charge in [0.15, 0.2) is 11.5 Å². The van der Waals surface area contributed by atoms with Gasteiger partial charge < -0.3 is 19.5 Å². The molecule has 0 bridgehead atoms. The molecule has 2 aromatic carbocycles. The average Bonchev–Trinajstić information content (AvgIpc) is 2.74. The standard InChI is InChI=1S/C22H23FN2O4/c1-27-18-13-17(14-19(28-2)22(18)29-3)25-20(5-4-6-21(25)26)24-12-11-15-7-9-16(23)10-8-15/h4-10,13-14,24H,11-12H2,1-3H3. The van der Waals surface area contributed by atoms with Gasteiger partial charge >= 0.3 is 0 Å². The number of rotatable bonds is 8. The summed E-state index contributed by atoms with van der Waals surface area (Å²) in [7, 11) is 4.57. The Hall–Kier alpha value is -3.48. The van der Waals surface area contributed by atoms with Gasteiger partial charge in [-0.2, -0.15) is 0 Å². The molecule has 0 radical (unpaired) electrons. The van der Waals surface area contributed by atoms with Gasteiger partial charge in [-0.05, 0) is 30.2 Å². The second-order valence-corrected chi connectivity index (χ2v) is 6.27. The highest BCUT2D eigenvalue weighted by Crippen LogP contribution is 2.39. The number of benzene rings is 2. The number of anilines is 1. The first kappa shape index (κ1) is 20.3. The molecule has 0 amide bonds. The van der Waals surface area contributed by atoms with Crippen molar-refractivity contribution >= 4 is 5.82 Å². The quantitative estimate of drug-likeness (QED) is 0.628. The number of pyridine rings is 1. The molecule has 0 atom stereocenters. The second kappa shape index (κ2) is 9.14. The van der Waals surface area contributed by atoms with Gasteiger partial charge in [-0.25, -0.2) is 4.39 Å². The van der Waals surface area contributed by atoms with Crippen molar-refractivity contribution in [1.82, 2.24) is 4.57 Å². The lowest BCUT2D eigenvalue weighted by Crippen LogP contribution is -2.21. The Morgan fingerprint density at radius 1 is 0.931 bits per heavy atom. The SMILES string of the molecule is COc1cc(-n2c(NCCc3ccc(F)cc3)cccc2=O)cc(OC)c1OC. The third-order valence-electron chi connectivity index (χ3n) is 4.49. The molecule has 0 aliphatic heterocycles. The van der Waals surface area contributed by atoms with E-state index in [1.807, 2.05) is 6.07 Å². The molecule has 3 rings (SSSR count). The van der Waals surface area contributed by atoms with Crippen molar-refractivity contribution in [2.75, 3.05) is 33.2 Å². The van der Waals surface area contributed by atoms with Gasteiger partial charge in [0.1, 0.15) is 11.6 Å². The van der Waals surface area contributed by atoms with Gasteiger partial charge in [0, 0.05) is 24.7 Å². The molecule has 1 N–H and O–H groups in total. The van der Waals surface area contributed by atoms with Crippen molar-refractivity contribution in [1.29, 1.82) is 0 Å². The maximum absolute atomic E-state index is 13.1. The Morgan fingerprint density at radius 2 is 1.59 bits per heavy atom. The van der Waals surface area contributed by atoms with Crippen molar-refractivity contribution in [3.05, 3.63) is 76.3 Å². The summed E-state index contributed by atoms with van der Waals surface area (Å²) in [5.41, 5.74) is 1.37. The van der Waals surface area contributed by atoms with E-state index in [2.05, 4.69) is 5.32 Å². The predicted molar refractivity (Wildman–Crippen MR) is 110 cm³/mol. The molecule has 0 aliphatic carbocycles. The lowest BCUT2D eigenvalue weighted by atomic mass is 10.1. The zero-order valence-electron chi connectivity index (χ0n) is 16.6. The number of halogens is 1. The van der Waals surface area contributed by atoms with Crippen molar-refractivity contribution in [2.45, 2.75) is 6.42 Å². The fraction of sp³-hybridized carbons (Fsp3) is 0.227. The summed E-state index contributed by atoms with van der Waals surface area (Å²) >= 11 is 0. The minimum Gasteiger partial charge on any atom is -0.493 e. The number of methoxy groups -OCH3 is 3. The highest BCUT2D eigenvalue weighted by molar-refractivity contribution is 5.60. The third-order valence-corrected chi connectivity index (χ3v) is 4.49. The number of ether oxygens (including phenoxy) is 3. The Balaban J connectivity index is 1.92. The number of nitrogens with one attached hydrogen (secondary N) is 1. The molecule has 7 heteroatoms. The maximum Gasteiger partial charge on any atom is 0.256 e. The highest BCUT2D eigenvalue weighted by Gasteiger charge is 2.16. The van der Waals surface area contributed by atoms with Crippen molar-refractivity contribution in [2.24, 2.45) is 0 Å². The summed E-state index contributed by atoms with van der Waals surface area (Å²) in [4.78, 5) is 12.6. The van der Waals surface area contributed by atoms with E-state index in [0.717, 1.165) is 5.56 Å². The van der Waals surface area contributed by atoms with Crippen LogP contribution in [0.4, 0.5) is 10.2 Å². The monoisotopic (exact) mass is 398 g/mol. The molecule has 29 heavy (non-hydrogen) atoms. The van der Waals surface area contributed by atoms with E-state index in [1.54, 1.807) is 30.3 Å². The van der Waals surface area contributed by atoms with Gasteiger partial charge in [-0.3, -0.25) is 9.36 Å². The van der Waals surface area contributed by atoms with Crippen LogP contribution < -0.4 is 25.1 Å². The molecule has 6 nitrogen and oxygen atoms in total. The molecule has 1 aromatic heterocycles. The zero-order valence-corrected chi connectivity index (χ0v) is 16.6. The molecular weight excluding hydrogens is 375 g/mol. The van der Waals surface area contributed by atoms with E-state index in [4.69, 9.17) is 14.2 Å². The molecular formula is C22H23FN2O4. The van der Waals surface area contributed by atoms with Gasteiger partial charge in [0.05, 0.1) is 27.0 Å². The van der Waals surface area contributed by atoms with Crippen LogP contribution >= 0.6 is 0 Å². The van der Waals surface area contributed by atoms with Gasteiger partial charge in [-0.1, -0.05) is 18.2 Å². The summed E-state index contributed by atoms with van der Waals surface area (Å²) in [6.45, 7) is 0.569. The van der Waals surface area contributed by atoms with Crippen molar-refractivity contribution in [3.63, 3.8) is 0 Å². The summed E-state index contributed by atoms with van der Waals surface area (Å²) in [6.07, 6.45) is 0.679. The molecule has 0 aliphatic rings. The van der Waals surface area contributed by atoms with Crippen LogP contribution in [0, 0.1) is 5.82 Å². The lowest BCUT2D eigenvalue weighted by Gasteiger charge is -2.18. The van der Waals surface area contributed by atoms with E-state index in [-0.39, 0.29) is 11.4 Å². The van der Waals surface area contributed by atoms with Crippen LogP contribution in [0.5, 0.6) is 17.2 Å². The van der Waals surface area contributed by atoms with Crippen LogP contribution in [-0.4, -0.2) is 32.4 Å². The molecule has 3 aromatic rings. The van der Waals surface area contributed by atoms with Gasteiger partial charge in [0.25, 0.3) is 5.56 Å². The van der Waals surface area contributed by atoms with E-state index in [9.17, 15) is 9.18 Å². The largest absolute Gasteiger partial charge is 0.493 e. The first-order valence-corrected chi connectivity index (χ1v) is 9.08.